The maximum Gasteiger partial charge on any atom is 0.274 e. The van der Waals surface area contributed by atoms with Gasteiger partial charge in [-0.3, -0.25) is 9.35 Å². The Balaban J connectivity index is 1.72. The molecule has 208 valence electrons. The zero-order valence-electron chi connectivity index (χ0n) is 21.8. The third kappa shape index (κ3) is 8.36. The number of hydrogen-bond acceptors (Lipinski definition) is 6. The number of rotatable bonds is 12. The number of nitrogens with zero attached hydrogens (tertiary/aromatic N) is 1. The van der Waals surface area contributed by atoms with Crippen molar-refractivity contribution in [2.24, 2.45) is 0 Å². The van der Waals surface area contributed by atoms with Crippen molar-refractivity contribution < 1.29 is 31.6 Å². The molecule has 0 spiro atoms. The van der Waals surface area contributed by atoms with Crippen molar-refractivity contribution in [3.8, 4) is 11.5 Å². The molecule has 1 amide bonds. The topological polar surface area (TPSA) is 115 Å². The Labute approximate surface area is 232 Å². The van der Waals surface area contributed by atoms with Crippen molar-refractivity contribution in [1.82, 2.24) is 10.3 Å². The molecule has 8 nitrogen and oxygen atoms in total. The zero-order chi connectivity index (χ0) is 28.5. The number of pyridine rings is 1. The molecular formula is C30H29FN2O6S. The summed E-state index contributed by atoms with van der Waals surface area (Å²) in [5.41, 5.74) is 2.49. The number of hydrogen-bond donors (Lipinski definition) is 2. The van der Waals surface area contributed by atoms with Crippen LogP contribution < -0.4 is 14.8 Å². The van der Waals surface area contributed by atoms with Gasteiger partial charge in [-0.15, -0.1) is 0 Å². The van der Waals surface area contributed by atoms with Gasteiger partial charge in [0.1, 0.15) is 19.0 Å². The summed E-state index contributed by atoms with van der Waals surface area (Å²) in [5, 5.41) is 2.76. The van der Waals surface area contributed by atoms with Crippen LogP contribution in [0.5, 0.6) is 11.5 Å². The zero-order valence-corrected chi connectivity index (χ0v) is 22.6. The Bertz CT molecular complexity index is 1530. The molecule has 0 fully saturated rings. The van der Waals surface area contributed by atoms with Crippen molar-refractivity contribution in [2.45, 2.75) is 32.6 Å². The van der Waals surface area contributed by atoms with Crippen molar-refractivity contribution in [3.63, 3.8) is 0 Å². The molecule has 4 rings (SSSR count). The molecule has 1 aromatic heterocycles. The summed E-state index contributed by atoms with van der Waals surface area (Å²) in [4.78, 5) is 17.9. The van der Waals surface area contributed by atoms with Gasteiger partial charge in [0.2, 0.25) is 0 Å². The van der Waals surface area contributed by atoms with Gasteiger partial charge in [0.05, 0.1) is 5.75 Å². The molecule has 0 radical (unpaired) electrons. The highest BCUT2D eigenvalue weighted by Crippen LogP contribution is 2.35. The molecule has 4 aromatic rings. The van der Waals surface area contributed by atoms with E-state index < -0.39 is 33.5 Å². The lowest BCUT2D eigenvalue weighted by Gasteiger charge is -2.19. The summed E-state index contributed by atoms with van der Waals surface area (Å²) in [6.07, 6.45) is 0. The van der Waals surface area contributed by atoms with Crippen molar-refractivity contribution >= 4 is 16.0 Å². The number of carbonyl (C=O) groups is 1. The molecule has 0 aliphatic rings. The number of amides is 1. The van der Waals surface area contributed by atoms with Gasteiger partial charge in [-0.1, -0.05) is 79.7 Å². The van der Waals surface area contributed by atoms with Crippen LogP contribution in [0, 0.1) is 5.82 Å². The summed E-state index contributed by atoms with van der Waals surface area (Å²) < 4.78 is 58.2. The lowest BCUT2D eigenvalue weighted by atomic mass is 10.1. The minimum atomic E-state index is -4.32. The third-order valence-corrected chi connectivity index (χ3v) is 6.89. The molecule has 40 heavy (non-hydrogen) atoms. The van der Waals surface area contributed by atoms with E-state index in [1.165, 1.54) is 18.2 Å². The lowest BCUT2D eigenvalue weighted by molar-refractivity contribution is 0.0939. The SMILES string of the molecule is CC(CS(=O)(=O)O)c1cc(OCc2ccccc2)c(OCc2ccccc2)c(C(=O)NCc2ccc(F)cc2)n1. The summed E-state index contributed by atoms with van der Waals surface area (Å²) >= 11 is 0. The highest BCUT2D eigenvalue weighted by atomic mass is 32.2. The first kappa shape index (κ1) is 28.7. The van der Waals surface area contributed by atoms with Gasteiger partial charge in [0, 0.05) is 24.2 Å². The highest BCUT2D eigenvalue weighted by Gasteiger charge is 2.25. The standard InChI is InChI=1S/C30H29FN2O6S/c1-21(20-40(35,36)37)26-16-27(38-18-23-8-4-2-5-9-23)29(39-19-24-10-6-3-7-11-24)28(33-26)30(34)32-17-22-12-14-25(31)15-13-22/h2-16,21H,17-20H2,1H3,(H,32,34)(H,35,36,37). The number of ether oxygens (including phenoxy) is 2. The quantitative estimate of drug-likeness (QED) is 0.224. The summed E-state index contributed by atoms with van der Waals surface area (Å²) in [6, 6.07) is 25.9. The monoisotopic (exact) mass is 564 g/mol. The van der Waals surface area contributed by atoms with E-state index in [1.54, 1.807) is 19.1 Å². The highest BCUT2D eigenvalue weighted by molar-refractivity contribution is 7.85. The molecule has 1 heterocycles. The first-order valence-electron chi connectivity index (χ1n) is 12.5. The average molecular weight is 565 g/mol. The molecule has 0 aliphatic carbocycles. The predicted molar refractivity (Wildman–Crippen MR) is 148 cm³/mol. The Morgan fingerprint density at radius 1 is 0.900 bits per heavy atom. The Hall–Kier alpha value is -4.28. The molecule has 0 saturated carbocycles. The van der Waals surface area contributed by atoms with Crippen molar-refractivity contribution in [1.29, 1.82) is 0 Å². The maximum atomic E-state index is 13.5. The molecule has 2 N–H and O–H groups in total. The molecular weight excluding hydrogens is 535 g/mol. The second kappa shape index (κ2) is 13.2. The van der Waals surface area contributed by atoms with Crippen molar-refractivity contribution in [2.75, 3.05) is 5.75 Å². The Kier molecular flexibility index (Phi) is 9.47. The van der Waals surface area contributed by atoms with E-state index in [1.807, 2.05) is 60.7 Å². The normalized spacial score (nSPS) is 12.0. The van der Waals surface area contributed by atoms with Gasteiger partial charge < -0.3 is 14.8 Å². The molecule has 0 aliphatic heterocycles. The third-order valence-electron chi connectivity index (χ3n) is 5.97. The van der Waals surface area contributed by atoms with E-state index in [0.717, 1.165) is 11.1 Å². The van der Waals surface area contributed by atoms with Gasteiger partial charge in [-0.25, -0.2) is 9.37 Å². The van der Waals surface area contributed by atoms with E-state index in [-0.39, 0.29) is 42.6 Å². The fourth-order valence-corrected chi connectivity index (χ4v) is 4.72. The van der Waals surface area contributed by atoms with Crippen LogP contribution in [0.4, 0.5) is 4.39 Å². The first-order chi connectivity index (χ1) is 19.2. The minimum Gasteiger partial charge on any atom is -0.485 e. The van der Waals surface area contributed by atoms with Gasteiger partial charge in [-0.2, -0.15) is 8.42 Å². The van der Waals surface area contributed by atoms with Crippen LogP contribution in [0.15, 0.2) is 91.0 Å². The molecule has 3 aromatic carbocycles. The average Bonchev–Trinajstić information content (AvgIpc) is 2.94. The maximum absolute atomic E-state index is 13.5. The predicted octanol–water partition coefficient (Wildman–Crippen LogP) is 5.30. The Morgan fingerprint density at radius 2 is 1.48 bits per heavy atom. The number of nitrogens with one attached hydrogen (secondary N) is 1. The van der Waals surface area contributed by atoms with Crippen molar-refractivity contribution in [3.05, 3.63) is 125 Å². The van der Waals surface area contributed by atoms with Crippen LogP contribution in [0.1, 0.15) is 45.7 Å². The van der Waals surface area contributed by atoms with Gasteiger partial charge in [-0.05, 0) is 28.8 Å². The molecule has 1 atom stereocenters. The summed E-state index contributed by atoms with van der Waals surface area (Å²) in [6.45, 7) is 1.92. The van der Waals surface area contributed by atoms with Crippen LogP contribution in [-0.2, 0) is 29.9 Å². The van der Waals surface area contributed by atoms with E-state index >= 15 is 0 Å². The largest absolute Gasteiger partial charge is 0.485 e. The van der Waals surface area contributed by atoms with Crippen LogP contribution in [0.25, 0.3) is 0 Å². The van der Waals surface area contributed by atoms with Gasteiger partial charge in [0.25, 0.3) is 16.0 Å². The lowest BCUT2D eigenvalue weighted by Crippen LogP contribution is -2.26. The molecule has 0 bridgehead atoms. The van der Waals surface area contributed by atoms with Crippen LogP contribution in [-0.4, -0.2) is 29.6 Å². The molecule has 1 unspecified atom stereocenters. The minimum absolute atomic E-state index is 0.0826. The number of benzene rings is 3. The number of aromatic nitrogens is 1. The van der Waals surface area contributed by atoms with Crippen LogP contribution in [0.3, 0.4) is 0 Å². The van der Waals surface area contributed by atoms with Crippen LogP contribution in [0.2, 0.25) is 0 Å². The number of halogens is 1. The summed E-state index contributed by atoms with van der Waals surface area (Å²) in [5.74, 6) is -2.08. The fraction of sp³-hybridized carbons (Fsp3) is 0.200. The Morgan fingerprint density at radius 3 is 2.05 bits per heavy atom. The smallest absolute Gasteiger partial charge is 0.274 e. The van der Waals surface area contributed by atoms with E-state index in [9.17, 15) is 22.2 Å². The fourth-order valence-electron chi connectivity index (χ4n) is 3.92. The van der Waals surface area contributed by atoms with Gasteiger partial charge in [0.15, 0.2) is 17.2 Å². The van der Waals surface area contributed by atoms with Crippen LogP contribution >= 0.6 is 0 Å². The summed E-state index contributed by atoms with van der Waals surface area (Å²) in [7, 11) is -4.32. The molecule has 10 heteroatoms. The molecule has 0 saturated heterocycles. The van der Waals surface area contributed by atoms with E-state index in [2.05, 4.69) is 10.3 Å². The second-order valence-electron chi connectivity index (χ2n) is 9.23. The van der Waals surface area contributed by atoms with Gasteiger partial charge >= 0.3 is 0 Å². The second-order valence-corrected chi connectivity index (χ2v) is 10.7. The van der Waals surface area contributed by atoms with E-state index in [4.69, 9.17) is 9.47 Å². The van der Waals surface area contributed by atoms with E-state index in [0.29, 0.717) is 5.56 Å². The number of carbonyl (C=O) groups excluding carboxylic acids is 1. The first-order valence-corrected chi connectivity index (χ1v) is 14.1.